The number of nitrogens with one attached hydrogen (secondary N) is 1. The van der Waals surface area contributed by atoms with E-state index >= 15 is 0 Å². The Morgan fingerprint density at radius 3 is 2.10 bits per heavy atom. The third-order valence-corrected chi connectivity index (χ3v) is 4.86. The van der Waals surface area contributed by atoms with Crippen LogP contribution in [0, 0.1) is 0 Å². The van der Waals surface area contributed by atoms with Crippen LogP contribution in [0.25, 0.3) is 0 Å². The molecule has 0 aromatic heterocycles. The van der Waals surface area contributed by atoms with Crippen LogP contribution in [0.3, 0.4) is 0 Å². The third-order valence-electron chi connectivity index (χ3n) is 4.86. The highest BCUT2D eigenvalue weighted by Crippen LogP contribution is 2.41. The van der Waals surface area contributed by atoms with Crippen molar-refractivity contribution in [1.82, 2.24) is 10.2 Å². The van der Waals surface area contributed by atoms with Gasteiger partial charge < -0.3 is 19.5 Å². The first-order chi connectivity index (χ1) is 13.6. The molecule has 0 bridgehead atoms. The van der Waals surface area contributed by atoms with Gasteiger partial charge in [0.25, 0.3) is 6.43 Å². The lowest BCUT2D eigenvalue weighted by Crippen LogP contribution is -2.47. The van der Waals surface area contributed by atoms with Gasteiger partial charge in [-0.2, -0.15) is 0 Å². The molecular formula is C21H28Cl2F2N2O3. The molecule has 0 radical (unpaired) electrons. The van der Waals surface area contributed by atoms with Crippen LogP contribution in [0.15, 0.2) is 42.5 Å². The van der Waals surface area contributed by atoms with Crippen molar-refractivity contribution >= 4 is 24.8 Å². The van der Waals surface area contributed by atoms with E-state index in [1.807, 2.05) is 30.3 Å². The van der Waals surface area contributed by atoms with Gasteiger partial charge in [-0.1, -0.05) is 30.3 Å². The SMILES string of the molecule is COc1cc(OCc2ccccc2)c([C@H](C(F)F)N2CCNCC2)cc1OC.Cl.Cl. The molecule has 1 atom stereocenters. The molecule has 1 saturated heterocycles. The fourth-order valence-corrected chi connectivity index (χ4v) is 3.42. The van der Waals surface area contributed by atoms with E-state index in [0.717, 1.165) is 5.56 Å². The Labute approximate surface area is 188 Å². The Morgan fingerprint density at radius 2 is 1.53 bits per heavy atom. The first kappa shape index (κ1) is 26.2. The summed E-state index contributed by atoms with van der Waals surface area (Å²) < 4.78 is 45.0. The molecule has 0 aliphatic carbocycles. The maximum Gasteiger partial charge on any atom is 0.258 e. The van der Waals surface area contributed by atoms with Crippen molar-refractivity contribution < 1.29 is 23.0 Å². The van der Waals surface area contributed by atoms with E-state index in [9.17, 15) is 8.78 Å². The summed E-state index contributed by atoms with van der Waals surface area (Å²) in [6.07, 6.45) is -2.56. The van der Waals surface area contributed by atoms with Crippen molar-refractivity contribution in [2.24, 2.45) is 0 Å². The zero-order valence-electron chi connectivity index (χ0n) is 17.0. The fourth-order valence-electron chi connectivity index (χ4n) is 3.42. The van der Waals surface area contributed by atoms with Crippen LogP contribution in [-0.2, 0) is 6.61 Å². The summed E-state index contributed by atoms with van der Waals surface area (Å²) in [6, 6.07) is 11.8. The molecule has 0 spiro atoms. The monoisotopic (exact) mass is 464 g/mol. The van der Waals surface area contributed by atoms with Crippen LogP contribution in [0.4, 0.5) is 8.78 Å². The van der Waals surface area contributed by atoms with Gasteiger partial charge in [-0.15, -0.1) is 24.8 Å². The lowest BCUT2D eigenvalue weighted by atomic mass is 10.0. The second-order valence-corrected chi connectivity index (χ2v) is 6.58. The van der Waals surface area contributed by atoms with Crippen LogP contribution in [-0.4, -0.2) is 51.7 Å². The molecule has 168 valence electrons. The molecule has 1 fully saturated rings. The molecule has 2 aromatic rings. The van der Waals surface area contributed by atoms with Gasteiger partial charge in [-0.3, -0.25) is 4.90 Å². The quantitative estimate of drug-likeness (QED) is 0.629. The summed E-state index contributed by atoms with van der Waals surface area (Å²) in [5.41, 5.74) is 1.37. The van der Waals surface area contributed by atoms with Gasteiger partial charge in [-0.05, 0) is 11.6 Å². The summed E-state index contributed by atoms with van der Waals surface area (Å²) in [6.45, 7) is 2.72. The molecule has 1 N–H and O–H groups in total. The highest BCUT2D eigenvalue weighted by atomic mass is 35.5. The molecule has 9 heteroatoms. The Bertz CT molecular complexity index is 763. The predicted octanol–water partition coefficient (Wildman–Crippen LogP) is 4.34. The number of benzene rings is 2. The summed E-state index contributed by atoms with van der Waals surface area (Å²) in [4.78, 5) is 1.79. The van der Waals surface area contributed by atoms with Crippen molar-refractivity contribution in [3.05, 3.63) is 53.6 Å². The van der Waals surface area contributed by atoms with Crippen molar-refractivity contribution in [2.45, 2.75) is 19.1 Å². The normalized spacial score (nSPS) is 15.0. The first-order valence-electron chi connectivity index (χ1n) is 9.29. The van der Waals surface area contributed by atoms with Gasteiger partial charge in [0.15, 0.2) is 11.5 Å². The van der Waals surface area contributed by atoms with Crippen LogP contribution in [0.5, 0.6) is 17.2 Å². The van der Waals surface area contributed by atoms with E-state index in [1.54, 1.807) is 17.0 Å². The van der Waals surface area contributed by atoms with E-state index in [2.05, 4.69) is 5.32 Å². The lowest BCUT2D eigenvalue weighted by Gasteiger charge is -2.35. The van der Waals surface area contributed by atoms with Crippen LogP contribution < -0.4 is 19.5 Å². The van der Waals surface area contributed by atoms with E-state index in [4.69, 9.17) is 14.2 Å². The molecule has 1 aliphatic heterocycles. The van der Waals surface area contributed by atoms with Crippen molar-refractivity contribution in [1.29, 1.82) is 0 Å². The van der Waals surface area contributed by atoms with E-state index < -0.39 is 12.5 Å². The standard InChI is InChI=1S/C21H26F2N2O3.2ClH/c1-26-18-12-16(20(21(22)23)25-10-8-24-9-11-25)17(13-19(18)27-2)28-14-15-6-4-3-5-7-15;;/h3-7,12-13,20-21,24H,8-11,14H2,1-2H3;2*1H/t20-;;/m1../s1. The smallest absolute Gasteiger partial charge is 0.258 e. The van der Waals surface area contributed by atoms with Gasteiger partial charge >= 0.3 is 0 Å². The summed E-state index contributed by atoms with van der Waals surface area (Å²) in [7, 11) is 3.01. The van der Waals surface area contributed by atoms with E-state index in [1.165, 1.54) is 14.2 Å². The second kappa shape index (κ2) is 12.8. The lowest BCUT2D eigenvalue weighted by molar-refractivity contribution is 0.0165. The molecule has 0 saturated carbocycles. The number of hydrogen-bond acceptors (Lipinski definition) is 5. The number of rotatable bonds is 8. The Hall–Kier alpha value is -1.80. The van der Waals surface area contributed by atoms with Crippen molar-refractivity contribution in [2.75, 3.05) is 40.4 Å². The van der Waals surface area contributed by atoms with Gasteiger partial charge in [-0.25, -0.2) is 8.78 Å². The minimum atomic E-state index is -2.56. The average Bonchev–Trinajstić information content (AvgIpc) is 2.73. The molecule has 5 nitrogen and oxygen atoms in total. The summed E-state index contributed by atoms with van der Waals surface area (Å²) >= 11 is 0. The average molecular weight is 465 g/mol. The predicted molar refractivity (Wildman–Crippen MR) is 118 cm³/mol. The largest absolute Gasteiger partial charge is 0.493 e. The van der Waals surface area contributed by atoms with E-state index in [-0.39, 0.29) is 31.4 Å². The van der Waals surface area contributed by atoms with Crippen molar-refractivity contribution in [3.63, 3.8) is 0 Å². The highest BCUT2D eigenvalue weighted by molar-refractivity contribution is 5.85. The number of ether oxygens (including phenoxy) is 3. The first-order valence-corrected chi connectivity index (χ1v) is 9.29. The molecule has 30 heavy (non-hydrogen) atoms. The zero-order chi connectivity index (χ0) is 19.9. The molecule has 1 heterocycles. The minimum absolute atomic E-state index is 0. The maximum absolute atomic E-state index is 14.1. The molecule has 0 amide bonds. The molecule has 0 unspecified atom stereocenters. The number of alkyl halides is 2. The third kappa shape index (κ3) is 6.35. The van der Waals surface area contributed by atoms with E-state index in [0.29, 0.717) is 49.0 Å². The Kier molecular flexibility index (Phi) is 11.2. The Balaban J connectivity index is 0.00000225. The number of hydrogen-bond donors (Lipinski definition) is 1. The molecule has 1 aliphatic rings. The Morgan fingerprint density at radius 1 is 0.933 bits per heavy atom. The fraction of sp³-hybridized carbons (Fsp3) is 0.429. The zero-order valence-corrected chi connectivity index (χ0v) is 18.6. The topological polar surface area (TPSA) is 43.0 Å². The van der Waals surface area contributed by atoms with Crippen LogP contribution in [0.1, 0.15) is 17.2 Å². The highest BCUT2D eigenvalue weighted by Gasteiger charge is 2.33. The molecule has 3 rings (SSSR count). The summed E-state index contributed by atoms with van der Waals surface area (Å²) in [5, 5.41) is 3.20. The molecule has 2 aromatic carbocycles. The minimum Gasteiger partial charge on any atom is -0.493 e. The van der Waals surface area contributed by atoms with Gasteiger partial charge in [0.1, 0.15) is 18.4 Å². The van der Waals surface area contributed by atoms with Crippen LogP contribution >= 0.6 is 24.8 Å². The second-order valence-electron chi connectivity index (χ2n) is 6.58. The van der Waals surface area contributed by atoms with Gasteiger partial charge in [0.2, 0.25) is 0 Å². The summed E-state index contributed by atoms with van der Waals surface area (Å²) in [5.74, 6) is 1.23. The number of piperazine rings is 1. The molecular weight excluding hydrogens is 437 g/mol. The number of nitrogens with zero attached hydrogens (tertiary/aromatic N) is 1. The number of methoxy groups -OCH3 is 2. The number of halogens is 4. The van der Waals surface area contributed by atoms with Gasteiger partial charge in [0, 0.05) is 37.8 Å². The van der Waals surface area contributed by atoms with Gasteiger partial charge in [0.05, 0.1) is 14.2 Å². The maximum atomic E-state index is 14.1. The van der Waals surface area contributed by atoms with Crippen LogP contribution in [0.2, 0.25) is 0 Å². The van der Waals surface area contributed by atoms with Crippen molar-refractivity contribution in [3.8, 4) is 17.2 Å².